The summed E-state index contributed by atoms with van der Waals surface area (Å²) in [5, 5.41) is 13.3. The van der Waals surface area contributed by atoms with E-state index in [0.29, 0.717) is 12.8 Å². The monoisotopic (exact) mass is 248 g/mol. The maximum absolute atomic E-state index is 12.4. The maximum Gasteiger partial charge on any atom is 0.307 e. The number of carboxylic acids is 1. The molecule has 1 aliphatic rings. The first-order valence-corrected chi connectivity index (χ1v) is 5.96. The number of carbonyl (C=O) groups is 2. The topological polar surface area (TPSA) is 72.2 Å². The molecule has 5 nitrogen and oxygen atoms in total. The molecule has 5 heteroatoms. The molecular weight excluding hydrogens is 232 g/mol. The third kappa shape index (κ3) is 2.20. The van der Waals surface area contributed by atoms with E-state index in [9.17, 15) is 9.59 Å². The summed E-state index contributed by atoms with van der Waals surface area (Å²) in [5.41, 5.74) is 1.51. The molecule has 2 atom stereocenters. The minimum atomic E-state index is -0.917. The Morgan fingerprint density at radius 1 is 1.28 bits per heavy atom. The van der Waals surface area contributed by atoms with Crippen molar-refractivity contribution in [2.45, 2.75) is 26.7 Å². The number of aryl methyl sites for hydroxylation is 2. The summed E-state index contributed by atoms with van der Waals surface area (Å²) in [4.78, 5) is 23.5. The highest BCUT2D eigenvalue weighted by Gasteiger charge is 2.35. The highest BCUT2D eigenvalue weighted by molar-refractivity contribution is 5.87. The van der Waals surface area contributed by atoms with Gasteiger partial charge in [-0.3, -0.25) is 9.59 Å². The molecule has 1 heterocycles. The molecule has 0 amide bonds. The van der Waals surface area contributed by atoms with Crippen LogP contribution in [0.3, 0.4) is 0 Å². The van der Waals surface area contributed by atoms with Gasteiger partial charge in [0, 0.05) is 5.69 Å². The van der Waals surface area contributed by atoms with Gasteiger partial charge in [-0.15, -0.1) is 0 Å². The molecule has 96 valence electrons. The Morgan fingerprint density at radius 2 is 1.89 bits per heavy atom. The lowest BCUT2D eigenvalue weighted by Crippen LogP contribution is -2.35. The molecule has 1 aliphatic carbocycles. The number of aromatic nitrogens is 2. The fraction of sp³-hybridized carbons (Fsp3) is 0.462. The highest BCUT2D eigenvalue weighted by atomic mass is 16.4. The summed E-state index contributed by atoms with van der Waals surface area (Å²) in [6.45, 7) is 3.61. The zero-order valence-corrected chi connectivity index (χ0v) is 10.5. The van der Waals surface area contributed by atoms with Crippen LogP contribution in [0.15, 0.2) is 18.2 Å². The Hall–Kier alpha value is -1.91. The number of carbonyl (C=O) groups excluding carboxylic acids is 1. The van der Waals surface area contributed by atoms with Gasteiger partial charge in [-0.25, -0.2) is 4.68 Å². The minimum absolute atomic E-state index is 0.225. The second-order valence-corrected chi connectivity index (χ2v) is 4.67. The van der Waals surface area contributed by atoms with Crippen molar-refractivity contribution in [1.29, 1.82) is 0 Å². The second-order valence-electron chi connectivity index (χ2n) is 4.67. The number of hydrogen-bond donors (Lipinski definition) is 1. The van der Waals surface area contributed by atoms with Crippen LogP contribution >= 0.6 is 0 Å². The zero-order valence-electron chi connectivity index (χ0n) is 10.5. The molecule has 2 rings (SSSR count). The lowest BCUT2D eigenvalue weighted by Gasteiger charge is -2.23. The van der Waals surface area contributed by atoms with Crippen LogP contribution in [0.25, 0.3) is 0 Å². The predicted molar refractivity (Wildman–Crippen MR) is 65.3 cm³/mol. The van der Waals surface area contributed by atoms with Crippen molar-refractivity contribution in [2.75, 3.05) is 0 Å². The first-order chi connectivity index (χ1) is 8.50. The van der Waals surface area contributed by atoms with E-state index in [1.54, 1.807) is 6.92 Å². The van der Waals surface area contributed by atoms with Gasteiger partial charge in [0.25, 0.3) is 5.91 Å². The average molecular weight is 248 g/mol. The van der Waals surface area contributed by atoms with Gasteiger partial charge in [0.2, 0.25) is 0 Å². The van der Waals surface area contributed by atoms with E-state index in [4.69, 9.17) is 5.11 Å². The quantitative estimate of drug-likeness (QED) is 0.810. The number of hydrogen-bond acceptors (Lipinski definition) is 3. The van der Waals surface area contributed by atoms with Crippen LogP contribution in [0.4, 0.5) is 0 Å². The number of aliphatic carboxylic acids is 1. The Kier molecular flexibility index (Phi) is 3.32. The van der Waals surface area contributed by atoms with Crippen molar-refractivity contribution in [3.63, 3.8) is 0 Å². The molecule has 0 unspecified atom stereocenters. The van der Waals surface area contributed by atoms with E-state index < -0.39 is 17.8 Å². The molecule has 0 fully saturated rings. The van der Waals surface area contributed by atoms with Crippen molar-refractivity contribution in [3.8, 4) is 0 Å². The van der Waals surface area contributed by atoms with Crippen LogP contribution in [-0.4, -0.2) is 26.8 Å². The van der Waals surface area contributed by atoms with Crippen molar-refractivity contribution < 1.29 is 14.7 Å². The third-order valence-electron chi connectivity index (χ3n) is 3.29. The Bertz CT molecular complexity index is 516. The Morgan fingerprint density at radius 3 is 2.39 bits per heavy atom. The van der Waals surface area contributed by atoms with E-state index in [2.05, 4.69) is 5.10 Å². The molecule has 0 aromatic carbocycles. The average Bonchev–Trinajstić information content (AvgIpc) is 2.67. The second kappa shape index (κ2) is 4.76. The lowest BCUT2D eigenvalue weighted by molar-refractivity contribution is -0.143. The molecule has 0 bridgehead atoms. The van der Waals surface area contributed by atoms with Crippen LogP contribution < -0.4 is 0 Å². The maximum atomic E-state index is 12.4. The van der Waals surface area contributed by atoms with Crippen molar-refractivity contribution in [2.24, 2.45) is 11.8 Å². The molecule has 0 radical (unpaired) electrons. The number of rotatable bonds is 2. The zero-order chi connectivity index (χ0) is 13.3. The molecule has 0 saturated heterocycles. The first kappa shape index (κ1) is 12.5. The number of allylic oxidation sites excluding steroid dienone is 2. The van der Waals surface area contributed by atoms with E-state index in [1.807, 2.05) is 25.1 Å². The lowest BCUT2D eigenvalue weighted by atomic mass is 9.82. The normalized spacial score (nSPS) is 23.0. The van der Waals surface area contributed by atoms with E-state index >= 15 is 0 Å². The van der Waals surface area contributed by atoms with Gasteiger partial charge in [0.15, 0.2) is 0 Å². The van der Waals surface area contributed by atoms with E-state index in [0.717, 1.165) is 11.4 Å². The van der Waals surface area contributed by atoms with Crippen LogP contribution in [0.5, 0.6) is 0 Å². The molecule has 0 spiro atoms. The number of carboxylic acid groups (broad SMARTS) is 1. The minimum Gasteiger partial charge on any atom is -0.481 e. The number of nitrogens with zero attached hydrogens (tertiary/aromatic N) is 2. The van der Waals surface area contributed by atoms with E-state index in [1.165, 1.54) is 4.68 Å². The van der Waals surface area contributed by atoms with Crippen LogP contribution in [-0.2, 0) is 4.79 Å². The van der Waals surface area contributed by atoms with E-state index in [-0.39, 0.29) is 5.91 Å². The summed E-state index contributed by atoms with van der Waals surface area (Å²) in [6, 6.07) is 1.81. The van der Waals surface area contributed by atoms with Gasteiger partial charge >= 0.3 is 5.97 Å². The molecule has 0 aliphatic heterocycles. The predicted octanol–water partition coefficient (Wildman–Crippen LogP) is 1.81. The van der Waals surface area contributed by atoms with Gasteiger partial charge in [-0.2, -0.15) is 5.10 Å². The molecule has 1 aromatic rings. The molecule has 1 N–H and O–H groups in total. The molecule has 1 aromatic heterocycles. The summed E-state index contributed by atoms with van der Waals surface area (Å²) in [6.07, 6.45) is 4.57. The summed E-state index contributed by atoms with van der Waals surface area (Å²) in [7, 11) is 0. The van der Waals surface area contributed by atoms with Gasteiger partial charge in [0.1, 0.15) is 0 Å². The van der Waals surface area contributed by atoms with Crippen molar-refractivity contribution in [3.05, 3.63) is 29.6 Å². The van der Waals surface area contributed by atoms with Gasteiger partial charge in [-0.1, -0.05) is 12.2 Å². The largest absolute Gasteiger partial charge is 0.481 e. The summed E-state index contributed by atoms with van der Waals surface area (Å²) < 4.78 is 1.33. The highest BCUT2D eigenvalue weighted by Crippen LogP contribution is 2.27. The van der Waals surface area contributed by atoms with Crippen LogP contribution in [0.2, 0.25) is 0 Å². The smallest absolute Gasteiger partial charge is 0.307 e. The van der Waals surface area contributed by atoms with Crippen molar-refractivity contribution >= 4 is 11.9 Å². The Labute approximate surface area is 105 Å². The van der Waals surface area contributed by atoms with Gasteiger partial charge < -0.3 is 5.11 Å². The standard InChI is InChI=1S/C13H16N2O3/c1-8-7-9(2)15(14-8)12(16)10-5-3-4-6-11(10)13(17)18/h3-4,7,10-11H,5-6H2,1-2H3,(H,17,18)/t10-,11-/m1/s1. The fourth-order valence-electron chi connectivity index (χ4n) is 2.37. The van der Waals surface area contributed by atoms with Gasteiger partial charge in [0.05, 0.1) is 17.5 Å². The van der Waals surface area contributed by atoms with Crippen LogP contribution in [0.1, 0.15) is 29.0 Å². The molecular formula is C13H16N2O3. The summed E-state index contributed by atoms with van der Waals surface area (Å²) in [5.74, 6) is -2.31. The fourth-order valence-corrected chi connectivity index (χ4v) is 2.37. The molecule has 0 saturated carbocycles. The third-order valence-corrected chi connectivity index (χ3v) is 3.29. The van der Waals surface area contributed by atoms with Gasteiger partial charge in [-0.05, 0) is 32.8 Å². The first-order valence-electron chi connectivity index (χ1n) is 5.96. The SMILES string of the molecule is Cc1cc(C)n(C(=O)[C@@H]2CC=CC[C@H]2C(=O)O)n1. The Balaban J connectivity index is 2.30. The van der Waals surface area contributed by atoms with Crippen molar-refractivity contribution in [1.82, 2.24) is 9.78 Å². The summed E-state index contributed by atoms with van der Waals surface area (Å²) >= 11 is 0. The van der Waals surface area contributed by atoms with Crippen LogP contribution in [0, 0.1) is 25.7 Å². The molecule has 18 heavy (non-hydrogen) atoms.